The highest BCUT2D eigenvalue weighted by Crippen LogP contribution is 2.65. The van der Waals surface area contributed by atoms with Crippen LogP contribution in [0.15, 0.2) is 12.1 Å². The van der Waals surface area contributed by atoms with Gasteiger partial charge in [-0.3, -0.25) is 0 Å². The van der Waals surface area contributed by atoms with Gasteiger partial charge in [-0.1, -0.05) is 59.1 Å². The highest BCUT2D eigenvalue weighted by molar-refractivity contribution is 5.49. The summed E-state index contributed by atoms with van der Waals surface area (Å²) in [6, 6.07) is 5.09. The Morgan fingerprint density at radius 1 is 1.12 bits per heavy atom. The average Bonchev–Trinajstić information content (AvgIpc) is 2.82. The standard InChI is InChI=1S/C24H36/c1-6-8-18-13-17(3)22-19(14-18)15-21-23(4)11-7-9-16(2)20(23)10-12-24(21,22)5/h13-14,16,20-21H,6-12,15H2,1-5H3. The van der Waals surface area contributed by atoms with Crippen molar-refractivity contribution in [2.24, 2.45) is 23.2 Å². The number of aryl methyl sites for hydroxylation is 2. The van der Waals surface area contributed by atoms with E-state index in [2.05, 4.69) is 46.8 Å². The molecule has 24 heavy (non-hydrogen) atoms. The summed E-state index contributed by atoms with van der Waals surface area (Å²) in [4.78, 5) is 0. The number of hydrogen-bond donors (Lipinski definition) is 0. The van der Waals surface area contributed by atoms with Gasteiger partial charge in [0.15, 0.2) is 0 Å². The van der Waals surface area contributed by atoms with Crippen molar-refractivity contribution >= 4 is 0 Å². The molecule has 0 aromatic heterocycles. The van der Waals surface area contributed by atoms with Gasteiger partial charge in [-0.2, -0.15) is 0 Å². The summed E-state index contributed by atoms with van der Waals surface area (Å²) >= 11 is 0. The first-order valence-electron chi connectivity index (χ1n) is 10.5. The minimum atomic E-state index is 0.437. The number of hydrogen-bond acceptors (Lipinski definition) is 0. The van der Waals surface area contributed by atoms with Gasteiger partial charge in [0, 0.05) is 0 Å². The molecule has 3 aliphatic carbocycles. The van der Waals surface area contributed by atoms with Crippen LogP contribution >= 0.6 is 0 Å². The largest absolute Gasteiger partial charge is 0.0651 e. The van der Waals surface area contributed by atoms with Gasteiger partial charge in [-0.15, -0.1) is 0 Å². The summed E-state index contributed by atoms with van der Waals surface area (Å²) in [7, 11) is 0. The molecule has 0 heterocycles. The minimum Gasteiger partial charge on any atom is -0.0651 e. The Morgan fingerprint density at radius 3 is 2.67 bits per heavy atom. The second kappa shape index (κ2) is 5.61. The molecule has 0 bridgehead atoms. The van der Waals surface area contributed by atoms with Crippen molar-refractivity contribution in [3.05, 3.63) is 34.4 Å². The molecule has 0 saturated heterocycles. The van der Waals surface area contributed by atoms with Gasteiger partial charge in [-0.25, -0.2) is 0 Å². The highest BCUT2D eigenvalue weighted by atomic mass is 14.6. The molecule has 2 saturated carbocycles. The lowest BCUT2D eigenvalue weighted by Crippen LogP contribution is -2.52. The molecular weight excluding hydrogens is 288 g/mol. The van der Waals surface area contributed by atoms with Crippen LogP contribution in [0.5, 0.6) is 0 Å². The molecule has 4 rings (SSSR count). The quantitative estimate of drug-likeness (QED) is 0.574. The van der Waals surface area contributed by atoms with Crippen LogP contribution in [-0.2, 0) is 18.3 Å². The molecule has 0 heteroatoms. The Bertz CT molecular complexity index is 642. The lowest BCUT2D eigenvalue weighted by atomic mass is 9.46. The topological polar surface area (TPSA) is 0 Å². The average molecular weight is 325 g/mol. The Labute approximate surface area is 149 Å². The summed E-state index contributed by atoms with van der Waals surface area (Å²) in [6.45, 7) is 12.5. The molecule has 5 atom stereocenters. The van der Waals surface area contributed by atoms with Crippen LogP contribution in [0.2, 0.25) is 0 Å². The van der Waals surface area contributed by atoms with Crippen molar-refractivity contribution in [2.75, 3.05) is 0 Å². The first kappa shape index (κ1) is 16.7. The third kappa shape index (κ3) is 2.17. The van der Waals surface area contributed by atoms with E-state index in [0.717, 1.165) is 17.8 Å². The van der Waals surface area contributed by atoms with Crippen LogP contribution in [0.25, 0.3) is 0 Å². The molecule has 5 unspecified atom stereocenters. The molecule has 0 N–H and O–H groups in total. The fourth-order valence-corrected chi connectivity index (χ4v) is 7.58. The van der Waals surface area contributed by atoms with Crippen molar-refractivity contribution in [2.45, 2.75) is 91.4 Å². The second-order valence-electron chi connectivity index (χ2n) is 9.89. The summed E-state index contributed by atoms with van der Waals surface area (Å²) in [5, 5.41) is 0. The monoisotopic (exact) mass is 324 g/mol. The molecule has 0 radical (unpaired) electrons. The molecule has 0 spiro atoms. The summed E-state index contributed by atoms with van der Waals surface area (Å²) in [5.41, 5.74) is 7.64. The van der Waals surface area contributed by atoms with E-state index in [4.69, 9.17) is 0 Å². The van der Waals surface area contributed by atoms with Gasteiger partial charge in [0.25, 0.3) is 0 Å². The van der Waals surface area contributed by atoms with Gasteiger partial charge in [0.1, 0.15) is 0 Å². The Balaban J connectivity index is 1.78. The van der Waals surface area contributed by atoms with Crippen LogP contribution in [0.3, 0.4) is 0 Å². The fraction of sp³-hybridized carbons (Fsp3) is 0.750. The zero-order valence-corrected chi connectivity index (χ0v) is 16.5. The first-order valence-corrected chi connectivity index (χ1v) is 10.5. The maximum atomic E-state index is 2.67. The Kier molecular flexibility index (Phi) is 3.90. The van der Waals surface area contributed by atoms with Crippen molar-refractivity contribution in [3.63, 3.8) is 0 Å². The van der Waals surface area contributed by atoms with Gasteiger partial charge in [-0.05, 0) is 89.9 Å². The predicted octanol–water partition coefficient (Wildman–Crippen LogP) is 6.61. The van der Waals surface area contributed by atoms with E-state index in [9.17, 15) is 0 Å². The van der Waals surface area contributed by atoms with Crippen molar-refractivity contribution in [1.29, 1.82) is 0 Å². The van der Waals surface area contributed by atoms with Gasteiger partial charge < -0.3 is 0 Å². The van der Waals surface area contributed by atoms with Crippen LogP contribution in [0, 0.1) is 30.1 Å². The van der Waals surface area contributed by atoms with Gasteiger partial charge >= 0.3 is 0 Å². The van der Waals surface area contributed by atoms with E-state index < -0.39 is 0 Å². The molecule has 1 aromatic carbocycles. The number of rotatable bonds is 2. The second-order valence-corrected chi connectivity index (χ2v) is 9.89. The number of fused-ring (bicyclic) bond motifs is 5. The Hall–Kier alpha value is -0.780. The smallest absolute Gasteiger partial charge is 0.00331 e. The maximum absolute atomic E-state index is 2.67. The molecule has 0 amide bonds. The van der Waals surface area contributed by atoms with Crippen molar-refractivity contribution < 1.29 is 0 Å². The lowest BCUT2D eigenvalue weighted by Gasteiger charge is -2.58. The van der Waals surface area contributed by atoms with Crippen molar-refractivity contribution in [1.82, 2.24) is 0 Å². The molecule has 0 aliphatic heterocycles. The molecule has 1 aromatic rings. The molecule has 0 nitrogen and oxygen atoms in total. The van der Waals surface area contributed by atoms with E-state index in [1.807, 2.05) is 0 Å². The molecule has 2 fully saturated rings. The summed E-state index contributed by atoms with van der Waals surface area (Å²) in [6.07, 6.45) is 11.1. The predicted molar refractivity (Wildman–Crippen MR) is 104 cm³/mol. The van der Waals surface area contributed by atoms with Gasteiger partial charge in [0.05, 0.1) is 0 Å². The fourth-order valence-electron chi connectivity index (χ4n) is 7.58. The molecule has 3 aliphatic rings. The first-order chi connectivity index (χ1) is 11.4. The van der Waals surface area contributed by atoms with E-state index in [0.29, 0.717) is 10.8 Å². The van der Waals surface area contributed by atoms with Gasteiger partial charge in [0.2, 0.25) is 0 Å². The minimum absolute atomic E-state index is 0.437. The third-order valence-electron chi connectivity index (χ3n) is 8.46. The number of benzene rings is 1. The van der Waals surface area contributed by atoms with Crippen LogP contribution in [0.4, 0.5) is 0 Å². The van der Waals surface area contributed by atoms with Crippen LogP contribution in [-0.4, -0.2) is 0 Å². The van der Waals surface area contributed by atoms with Crippen molar-refractivity contribution in [3.8, 4) is 0 Å². The van der Waals surface area contributed by atoms with Crippen LogP contribution < -0.4 is 0 Å². The highest BCUT2D eigenvalue weighted by Gasteiger charge is 2.59. The summed E-state index contributed by atoms with van der Waals surface area (Å²) in [5.74, 6) is 2.78. The van der Waals surface area contributed by atoms with E-state index >= 15 is 0 Å². The normalized spacial score (nSPS) is 40.8. The lowest BCUT2D eigenvalue weighted by molar-refractivity contribution is -0.0627. The SMILES string of the molecule is CCCc1cc(C)c2c(c1)CC1C2(C)CCC2C(C)CCCC21C. The van der Waals surface area contributed by atoms with E-state index in [1.54, 1.807) is 22.3 Å². The third-order valence-corrected chi connectivity index (χ3v) is 8.46. The molecule has 132 valence electrons. The van der Waals surface area contributed by atoms with E-state index in [1.165, 1.54) is 51.4 Å². The van der Waals surface area contributed by atoms with Crippen LogP contribution in [0.1, 0.15) is 88.5 Å². The Morgan fingerprint density at radius 2 is 1.92 bits per heavy atom. The molecular formula is C24H36. The maximum Gasteiger partial charge on any atom is -0.00331 e. The zero-order chi connectivity index (χ0) is 17.1. The zero-order valence-electron chi connectivity index (χ0n) is 16.5. The van der Waals surface area contributed by atoms with E-state index in [-0.39, 0.29) is 0 Å². The summed E-state index contributed by atoms with van der Waals surface area (Å²) < 4.78 is 0.